The van der Waals surface area contributed by atoms with Crippen molar-refractivity contribution in [3.05, 3.63) is 46.0 Å². The monoisotopic (exact) mass is 345 g/mol. The van der Waals surface area contributed by atoms with E-state index in [9.17, 15) is 13.2 Å². The van der Waals surface area contributed by atoms with Gasteiger partial charge in [0.25, 0.3) is 0 Å². The maximum Gasteiger partial charge on any atom is 0.416 e. The predicted molar refractivity (Wildman–Crippen MR) is 70.2 cm³/mol. The molecular weight excluding hydrogens is 335 g/mol. The summed E-state index contributed by atoms with van der Waals surface area (Å²) in [6.45, 7) is 0.675. The molecule has 0 saturated heterocycles. The van der Waals surface area contributed by atoms with Gasteiger partial charge in [-0.1, -0.05) is 18.2 Å². The van der Waals surface area contributed by atoms with Crippen molar-refractivity contribution in [2.45, 2.75) is 31.5 Å². The molecule has 0 radical (unpaired) electrons. The Morgan fingerprint density at radius 1 is 1.30 bits per heavy atom. The number of aromatic nitrogens is 3. The van der Waals surface area contributed by atoms with Crippen LogP contribution in [0.1, 0.15) is 29.3 Å². The molecule has 1 unspecified atom stereocenters. The summed E-state index contributed by atoms with van der Waals surface area (Å²) >= 11 is 3.21. The molecule has 3 nitrogen and oxygen atoms in total. The van der Waals surface area contributed by atoms with Crippen LogP contribution in [0.2, 0.25) is 0 Å². The molecule has 3 rings (SSSR count). The van der Waals surface area contributed by atoms with Gasteiger partial charge in [-0.2, -0.15) is 13.2 Å². The molecule has 1 aliphatic heterocycles. The van der Waals surface area contributed by atoms with Gasteiger partial charge in [-0.15, -0.1) is 5.10 Å². The highest BCUT2D eigenvalue weighted by Crippen LogP contribution is 2.34. The summed E-state index contributed by atoms with van der Waals surface area (Å²) in [5.74, 6) is 0.867. The highest BCUT2D eigenvalue weighted by atomic mass is 79.9. The summed E-state index contributed by atoms with van der Waals surface area (Å²) in [5, 5.41) is 4.18. The summed E-state index contributed by atoms with van der Waals surface area (Å²) in [6, 6.07) is 5.56. The normalized spacial score (nSPS) is 18.9. The van der Waals surface area contributed by atoms with Gasteiger partial charge in [-0.25, -0.2) is 9.67 Å². The van der Waals surface area contributed by atoms with E-state index in [1.165, 1.54) is 12.1 Å². The smallest absolute Gasteiger partial charge is 0.249 e. The SMILES string of the molecule is FC(F)(F)c1cccc(C2CCn3nc(Br)nc3C2)c1. The second-order valence-electron chi connectivity index (χ2n) is 4.83. The van der Waals surface area contributed by atoms with E-state index in [4.69, 9.17) is 0 Å². The summed E-state index contributed by atoms with van der Waals surface area (Å²) in [5.41, 5.74) is 0.119. The molecule has 0 bridgehead atoms. The van der Waals surface area contributed by atoms with Gasteiger partial charge >= 0.3 is 6.18 Å². The largest absolute Gasteiger partial charge is 0.416 e. The summed E-state index contributed by atoms with van der Waals surface area (Å²) in [4.78, 5) is 4.24. The number of nitrogens with zero attached hydrogens (tertiary/aromatic N) is 3. The van der Waals surface area contributed by atoms with E-state index >= 15 is 0 Å². The lowest BCUT2D eigenvalue weighted by Crippen LogP contribution is -2.19. The second-order valence-corrected chi connectivity index (χ2v) is 5.54. The molecule has 0 aliphatic carbocycles. The molecular formula is C13H11BrF3N3. The van der Waals surface area contributed by atoms with Crippen LogP contribution in [0.25, 0.3) is 0 Å². The molecule has 0 saturated carbocycles. The van der Waals surface area contributed by atoms with E-state index in [0.29, 0.717) is 23.3 Å². The van der Waals surface area contributed by atoms with Crippen LogP contribution in [-0.2, 0) is 19.1 Å². The van der Waals surface area contributed by atoms with Gasteiger partial charge in [0.15, 0.2) is 0 Å². The van der Waals surface area contributed by atoms with Crippen LogP contribution in [0.4, 0.5) is 13.2 Å². The molecule has 0 amide bonds. The zero-order valence-electron chi connectivity index (χ0n) is 10.4. The van der Waals surface area contributed by atoms with Crippen LogP contribution in [0, 0.1) is 0 Å². The number of fused-ring (bicyclic) bond motifs is 1. The van der Waals surface area contributed by atoms with Crippen molar-refractivity contribution < 1.29 is 13.2 Å². The quantitative estimate of drug-likeness (QED) is 0.787. The maximum atomic E-state index is 12.7. The van der Waals surface area contributed by atoms with Gasteiger partial charge in [0, 0.05) is 13.0 Å². The highest BCUT2D eigenvalue weighted by molar-refractivity contribution is 9.10. The molecule has 0 fully saturated rings. The summed E-state index contributed by atoms with van der Waals surface area (Å²) < 4.78 is 40.6. The lowest BCUT2D eigenvalue weighted by atomic mass is 9.89. The van der Waals surface area contributed by atoms with Gasteiger partial charge in [0.05, 0.1) is 5.56 Å². The molecule has 1 aromatic heterocycles. The molecule has 7 heteroatoms. The van der Waals surface area contributed by atoms with Crippen LogP contribution >= 0.6 is 15.9 Å². The van der Waals surface area contributed by atoms with Gasteiger partial charge in [0.1, 0.15) is 5.82 Å². The Bertz CT molecular complexity index is 636. The molecule has 0 N–H and O–H groups in total. The number of hydrogen-bond acceptors (Lipinski definition) is 2. The molecule has 1 aromatic carbocycles. The van der Waals surface area contributed by atoms with E-state index in [-0.39, 0.29) is 5.92 Å². The van der Waals surface area contributed by atoms with E-state index in [1.807, 2.05) is 0 Å². The number of aryl methyl sites for hydroxylation is 1. The van der Waals surface area contributed by atoms with Gasteiger partial charge in [-0.05, 0) is 39.9 Å². The molecule has 2 aromatic rings. The molecule has 2 heterocycles. The highest BCUT2D eigenvalue weighted by Gasteiger charge is 2.31. The van der Waals surface area contributed by atoms with Crippen LogP contribution in [-0.4, -0.2) is 14.8 Å². The standard InChI is InChI=1S/C13H11BrF3N3/c14-12-18-11-7-9(4-5-20(11)19-12)8-2-1-3-10(6-8)13(15,16)17/h1-3,6,9H,4-5,7H2. The van der Waals surface area contributed by atoms with Crippen LogP contribution in [0.3, 0.4) is 0 Å². The Labute approximate surface area is 121 Å². The van der Waals surface area contributed by atoms with E-state index in [1.54, 1.807) is 10.7 Å². The minimum absolute atomic E-state index is 0.0564. The minimum Gasteiger partial charge on any atom is -0.249 e. The third-order valence-electron chi connectivity index (χ3n) is 3.53. The van der Waals surface area contributed by atoms with Gasteiger partial charge in [0.2, 0.25) is 4.73 Å². The Kier molecular flexibility index (Phi) is 3.32. The fourth-order valence-electron chi connectivity index (χ4n) is 2.53. The van der Waals surface area contributed by atoms with Gasteiger partial charge < -0.3 is 0 Å². The third-order valence-corrected chi connectivity index (χ3v) is 3.86. The Hall–Kier alpha value is -1.37. The molecule has 20 heavy (non-hydrogen) atoms. The van der Waals surface area contributed by atoms with Crippen LogP contribution in [0.5, 0.6) is 0 Å². The lowest BCUT2D eigenvalue weighted by molar-refractivity contribution is -0.137. The molecule has 1 atom stereocenters. The molecule has 1 aliphatic rings. The third kappa shape index (κ3) is 2.59. The first kappa shape index (κ1) is 13.6. The fraction of sp³-hybridized carbons (Fsp3) is 0.385. The van der Waals surface area contributed by atoms with Crippen molar-refractivity contribution in [3.63, 3.8) is 0 Å². The van der Waals surface area contributed by atoms with Crippen molar-refractivity contribution >= 4 is 15.9 Å². The fourth-order valence-corrected chi connectivity index (χ4v) is 2.92. The number of rotatable bonds is 1. The number of halogens is 4. The Morgan fingerprint density at radius 2 is 2.10 bits per heavy atom. The maximum absolute atomic E-state index is 12.7. The first-order chi connectivity index (χ1) is 9.43. The van der Waals surface area contributed by atoms with E-state index in [2.05, 4.69) is 26.0 Å². The van der Waals surface area contributed by atoms with Gasteiger partial charge in [-0.3, -0.25) is 0 Å². The second kappa shape index (κ2) is 4.87. The Morgan fingerprint density at radius 3 is 2.85 bits per heavy atom. The zero-order valence-corrected chi connectivity index (χ0v) is 11.9. The Balaban J connectivity index is 1.88. The number of alkyl halides is 3. The summed E-state index contributed by atoms with van der Waals surface area (Å²) in [7, 11) is 0. The first-order valence-electron chi connectivity index (χ1n) is 6.20. The van der Waals surface area contributed by atoms with E-state index < -0.39 is 11.7 Å². The van der Waals surface area contributed by atoms with Crippen molar-refractivity contribution in [2.75, 3.05) is 0 Å². The number of benzene rings is 1. The van der Waals surface area contributed by atoms with Crippen molar-refractivity contribution in [1.29, 1.82) is 0 Å². The first-order valence-corrected chi connectivity index (χ1v) is 6.99. The van der Waals surface area contributed by atoms with Crippen molar-refractivity contribution in [2.24, 2.45) is 0 Å². The van der Waals surface area contributed by atoms with Crippen molar-refractivity contribution in [1.82, 2.24) is 14.8 Å². The number of hydrogen-bond donors (Lipinski definition) is 0. The average Bonchev–Trinajstić information content (AvgIpc) is 2.77. The molecule has 106 valence electrons. The minimum atomic E-state index is -4.30. The zero-order chi connectivity index (χ0) is 14.3. The predicted octanol–water partition coefficient (Wildman–Crippen LogP) is 3.79. The lowest BCUT2D eigenvalue weighted by Gasteiger charge is -2.23. The topological polar surface area (TPSA) is 30.7 Å². The van der Waals surface area contributed by atoms with Crippen LogP contribution < -0.4 is 0 Å². The van der Waals surface area contributed by atoms with Crippen LogP contribution in [0.15, 0.2) is 29.0 Å². The average molecular weight is 346 g/mol. The summed E-state index contributed by atoms with van der Waals surface area (Å²) in [6.07, 6.45) is -2.92. The van der Waals surface area contributed by atoms with Crippen molar-refractivity contribution in [3.8, 4) is 0 Å². The van der Waals surface area contributed by atoms with E-state index in [0.717, 1.165) is 18.3 Å². The molecule has 0 spiro atoms.